The van der Waals surface area contributed by atoms with Crippen LogP contribution in [0.2, 0.25) is 0 Å². The molecule has 0 fully saturated rings. The van der Waals surface area contributed by atoms with Crippen molar-refractivity contribution in [3.63, 3.8) is 0 Å². The second kappa shape index (κ2) is 10.2. The van der Waals surface area contributed by atoms with E-state index in [0.29, 0.717) is 18.6 Å². The number of amides is 1. The molecule has 2 aromatic carbocycles. The van der Waals surface area contributed by atoms with Gasteiger partial charge < -0.3 is 10.4 Å². The lowest BCUT2D eigenvalue weighted by Gasteiger charge is -2.20. The van der Waals surface area contributed by atoms with E-state index in [-0.39, 0.29) is 17.7 Å². The Balaban J connectivity index is 2.03. The van der Waals surface area contributed by atoms with Crippen LogP contribution in [0.4, 0.5) is 0 Å². The maximum Gasteiger partial charge on any atom is 0.326 e. The number of hydrogen-bond donors (Lipinski definition) is 3. The molecule has 27 heavy (non-hydrogen) atoms. The minimum atomic E-state index is -0.998. The summed E-state index contributed by atoms with van der Waals surface area (Å²) in [5, 5.41) is 12.0. The van der Waals surface area contributed by atoms with Gasteiger partial charge in [0.05, 0.1) is 5.92 Å². The zero-order valence-electron chi connectivity index (χ0n) is 15.8. The zero-order chi connectivity index (χ0) is 19.8. The van der Waals surface area contributed by atoms with Gasteiger partial charge >= 0.3 is 5.97 Å². The Labute approximate surface area is 166 Å². The van der Waals surface area contributed by atoms with Gasteiger partial charge in [0.15, 0.2) is 0 Å². The van der Waals surface area contributed by atoms with Gasteiger partial charge in [-0.1, -0.05) is 68.4 Å². The third-order valence-electron chi connectivity index (χ3n) is 4.46. The summed E-state index contributed by atoms with van der Waals surface area (Å²) in [5.74, 6) is -1.08. The number of aliphatic carboxylic acids is 1. The summed E-state index contributed by atoms with van der Waals surface area (Å²) in [5.41, 5.74) is 3.29. The number of benzene rings is 2. The molecule has 4 nitrogen and oxygen atoms in total. The first-order valence-corrected chi connectivity index (χ1v) is 9.82. The lowest BCUT2D eigenvalue weighted by atomic mass is 9.96. The summed E-state index contributed by atoms with van der Waals surface area (Å²) >= 11 is 4.30. The number of carboxylic acids is 1. The van der Waals surface area contributed by atoms with Crippen molar-refractivity contribution in [3.05, 3.63) is 60.2 Å². The highest BCUT2D eigenvalue weighted by Crippen LogP contribution is 2.21. The molecule has 0 spiro atoms. The molecule has 0 radical (unpaired) electrons. The van der Waals surface area contributed by atoms with Crippen LogP contribution in [0.1, 0.15) is 25.8 Å². The number of carbonyl (C=O) groups excluding carboxylic acids is 1. The molecule has 0 bridgehead atoms. The average Bonchev–Trinajstić information content (AvgIpc) is 2.66. The molecular formula is C22H27NO3S. The standard InChI is InChI=1S/C22H27NO3S/c1-15(2)12-20(22(25)26)23-21(24)19(14-27)13-16-8-10-18(11-9-16)17-6-4-3-5-7-17/h3-11,15,19-20,27H,12-14H2,1-2H3,(H,23,24)(H,25,26). The van der Waals surface area contributed by atoms with Crippen molar-refractivity contribution in [1.82, 2.24) is 5.32 Å². The molecule has 0 saturated heterocycles. The molecule has 144 valence electrons. The third-order valence-corrected chi connectivity index (χ3v) is 4.90. The second-order valence-electron chi connectivity index (χ2n) is 7.18. The van der Waals surface area contributed by atoms with Crippen LogP contribution in [-0.4, -0.2) is 28.8 Å². The van der Waals surface area contributed by atoms with E-state index in [1.807, 2.05) is 56.3 Å². The molecule has 0 aromatic heterocycles. The quantitative estimate of drug-likeness (QED) is 0.570. The molecule has 0 aliphatic carbocycles. The van der Waals surface area contributed by atoms with Crippen molar-refractivity contribution in [1.29, 1.82) is 0 Å². The first-order chi connectivity index (χ1) is 12.9. The molecule has 0 saturated carbocycles. The van der Waals surface area contributed by atoms with Gasteiger partial charge in [-0.3, -0.25) is 4.79 Å². The Bertz CT molecular complexity index is 744. The Kier molecular flexibility index (Phi) is 7.92. The maximum atomic E-state index is 12.5. The van der Waals surface area contributed by atoms with Crippen LogP contribution in [0.25, 0.3) is 11.1 Å². The maximum absolute atomic E-state index is 12.5. The molecule has 5 heteroatoms. The monoisotopic (exact) mass is 385 g/mol. The van der Waals surface area contributed by atoms with Crippen LogP contribution >= 0.6 is 12.6 Å². The molecule has 0 aliphatic heterocycles. The molecule has 2 unspecified atom stereocenters. The van der Waals surface area contributed by atoms with Crippen LogP contribution in [0.3, 0.4) is 0 Å². The molecule has 2 rings (SSSR count). The highest BCUT2D eigenvalue weighted by Gasteiger charge is 2.25. The van der Waals surface area contributed by atoms with E-state index in [0.717, 1.165) is 16.7 Å². The van der Waals surface area contributed by atoms with Crippen molar-refractivity contribution in [3.8, 4) is 11.1 Å². The van der Waals surface area contributed by atoms with Crippen molar-refractivity contribution in [2.75, 3.05) is 5.75 Å². The van der Waals surface area contributed by atoms with E-state index >= 15 is 0 Å². The van der Waals surface area contributed by atoms with Gasteiger partial charge in [0.1, 0.15) is 6.04 Å². The number of nitrogens with one attached hydrogen (secondary N) is 1. The summed E-state index contributed by atoms with van der Waals surface area (Å²) in [4.78, 5) is 23.9. The van der Waals surface area contributed by atoms with Crippen molar-refractivity contribution in [2.45, 2.75) is 32.7 Å². The van der Waals surface area contributed by atoms with E-state index < -0.39 is 12.0 Å². The summed E-state index contributed by atoms with van der Waals surface area (Å²) in [6.07, 6.45) is 0.935. The highest BCUT2D eigenvalue weighted by atomic mass is 32.1. The first-order valence-electron chi connectivity index (χ1n) is 9.19. The highest BCUT2D eigenvalue weighted by molar-refractivity contribution is 7.80. The first kappa shape index (κ1) is 21.0. The van der Waals surface area contributed by atoms with Crippen LogP contribution < -0.4 is 5.32 Å². The Hall–Kier alpha value is -2.27. The van der Waals surface area contributed by atoms with Gasteiger partial charge in [-0.05, 0) is 35.4 Å². The molecular weight excluding hydrogens is 358 g/mol. The van der Waals surface area contributed by atoms with E-state index in [9.17, 15) is 14.7 Å². The molecule has 2 atom stereocenters. The second-order valence-corrected chi connectivity index (χ2v) is 7.54. The van der Waals surface area contributed by atoms with Crippen LogP contribution in [0, 0.1) is 11.8 Å². The molecule has 1 amide bonds. The number of rotatable bonds is 9. The summed E-state index contributed by atoms with van der Waals surface area (Å²) in [6, 6.07) is 17.3. The van der Waals surface area contributed by atoms with Crippen LogP contribution in [0.15, 0.2) is 54.6 Å². The predicted octanol–water partition coefficient (Wildman–Crippen LogP) is 4.06. The van der Waals surface area contributed by atoms with E-state index in [4.69, 9.17) is 0 Å². The summed E-state index contributed by atoms with van der Waals surface area (Å²) < 4.78 is 0. The van der Waals surface area contributed by atoms with Crippen LogP contribution in [0.5, 0.6) is 0 Å². The van der Waals surface area contributed by atoms with Crippen LogP contribution in [-0.2, 0) is 16.0 Å². The van der Waals surface area contributed by atoms with Crippen molar-refractivity contribution < 1.29 is 14.7 Å². The van der Waals surface area contributed by atoms with Gasteiger partial charge in [-0.2, -0.15) is 12.6 Å². The molecule has 2 N–H and O–H groups in total. The number of carboxylic acid groups (broad SMARTS) is 1. The van der Waals surface area contributed by atoms with Crippen molar-refractivity contribution >= 4 is 24.5 Å². The van der Waals surface area contributed by atoms with Gasteiger partial charge in [-0.15, -0.1) is 0 Å². The Morgan fingerprint density at radius 2 is 1.59 bits per heavy atom. The number of carbonyl (C=O) groups is 2. The SMILES string of the molecule is CC(C)CC(NC(=O)C(CS)Cc1ccc(-c2ccccc2)cc1)C(=O)O. The normalized spacial score (nSPS) is 13.2. The summed E-state index contributed by atoms with van der Waals surface area (Å²) in [7, 11) is 0. The molecule has 0 heterocycles. The molecule has 0 aliphatic rings. The fourth-order valence-electron chi connectivity index (χ4n) is 2.97. The fraction of sp³-hybridized carbons (Fsp3) is 0.364. The Morgan fingerprint density at radius 1 is 1.00 bits per heavy atom. The van der Waals surface area contributed by atoms with E-state index in [1.165, 1.54) is 0 Å². The average molecular weight is 386 g/mol. The smallest absolute Gasteiger partial charge is 0.326 e. The summed E-state index contributed by atoms with van der Waals surface area (Å²) in [6.45, 7) is 3.87. The largest absolute Gasteiger partial charge is 0.480 e. The fourth-order valence-corrected chi connectivity index (χ4v) is 3.27. The van der Waals surface area contributed by atoms with Gasteiger partial charge in [0.2, 0.25) is 5.91 Å². The van der Waals surface area contributed by atoms with Gasteiger partial charge in [-0.25, -0.2) is 4.79 Å². The topological polar surface area (TPSA) is 66.4 Å². The molecule has 2 aromatic rings. The predicted molar refractivity (Wildman–Crippen MR) is 112 cm³/mol. The van der Waals surface area contributed by atoms with Gasteiger partial charge in [0, 0.05) is 5.75 Å². The number of thiol groups is 1. The lowest BCUT2D eigenvalue weighted by molar-refractivity contribution is -0.142. The Morgan fingerprint density at radius 3 is 2.11 bits per heavy atom. The van der Waals surface area contributed by atoms with E-state index in [1.54, 1.807) is 0 Å². The third kappa shape index (κ3) is 6.43. The van der Waals surface area contributed by atoms with E-state index in [2.05, 4.69) is 30.1 Å². The minimum Gasteiger partial charge on any atom is -0.480 e. The van der Waals surface area contributed by atoms with Gasteiger partial charge in [0.25, 0.3) is 0 Å². The van der Waals surface area contributed by atoms with Crippen molar-refractivity contribution in [2.24, 2.45) is 11.8 Å². The number of hydrogen-bond acceptors (Lipinski definition) is 3. The minimum absolute atomic E-state index is 0.186. The zero-order valence-corrected chi connectivity index (χ0v) is 16.7. The lowest BCUT2D eigenvalue weighted by Crippen LogP contribution is -2.45.